The van der Waals surface area contributed by atoms with Crippen molar-refractivity contribution in [1.29, 1.82) is 0 Å². The van der Waals surface area contributed by atoms with E-state index in [1.165, 1.54) is 24.0 Å². The number of hydrogen-bond donors (Lipinski definition) is 1. The summed E-state index contributed by atoms with van der Waals surface area (Å²) in [6, 6.07) is 16.1. The third-order valence-corrected chi connectivity index (χ3v) is 3.14. The van der Waals surface area contributed by atoms with Gasteiger partial charge in [-0.2, -0.15) is 0 Å². The fourth-order valence-electron chi connectivity index (χ4n) is 2.05. The highest BCUT2D eigenvalue weighted by atomic mass is 16.3. The van der Waals surface area contributed by atoms with E-state index < -0.39 is 0 Å². The predicted octanol–water partition coefficient (Wildman–Crippen LogP) is 3.94. The van der Waals surface area contributed by atoms with Gasteiger partial charge in [0, 0.05) is 0 Å². The topological polar surface area (TPSA) is 20.2 Å². The monoisotopic (exact) mass is 210 g/mol. The van der Waals surface area contributed by atoms with Crippen molar-refractivity contribution in [1.82, 2.24) is 0 Å². The minimum Gasteiger partial charge on any atom is -0.508 e. The normalized spacial score (nSPS) is 15.0. The molecule has 2 aromatic rings. The van der Waals surface area contributed by atoms with Gasteiger partial charge in [-0.15, -0.1) is 0 Å². The van der Waals surface area contributed by atoms with E-state index in [9.17, 15) is 5.11 Å². The van der Waals surface area contributed by atoms with Gasteiger partial charge in [0.05, 0.1) is 0 Å². The molecule has 0 unspecified atom stereocenters. The lowest BCUT2D eigenvalue weighted by molar-refractivity contribution is 0.475. The summed E-state index contributed by atoms with van der Waals surface area (Å²) in [4.78, 5) is 0. The van der Waals surface area contributed by atoms with Crippen molar-refractivity contribution in [2.24, 2.45) is 0 Å². The lowest BCUT2D eigenvalue weighted by Gasteiger charge is -2.04. The van der Waals surface area contributed by atoms with Crippen LogP contribution < -0.4 is 0 Å². The van der Waals surface area contributed by atoms with Gasteiger partial charge < -0.3 is 5.11 Å². The van der Waals surface area contributed by atoms with E-state index in [1.807, 2.05) is 12.1 Å². The van der Waals surface area contributed by atoms with Crippen LogP contribution in [-0.4, -0.2) is 5.11 Å². The zero-order chi connectivity index (χ0) is 11.0. The second kappa shape index (κ2) is 3.67. The lowest BCUT2D eigenvalue weighted by Crippen LogP contribution is -1.81. The third-order valence-electron chi connectivity index (χ3n) is 3.14. The molecule has 0 aromatic heterocycles. The summed E-state index contributed by atoms with van der Waals surface area (Å²) in [5.74, 6) is 1.13. The molecule has 1 aliphatic carbocycles. The fourth-order valence-corrected chi connectivity index (χ4v) is 2.05. The van der Waals surface area contributed by atoms with Crippen molar-refractivity contribution >= 4 is 0 Å². The van der Waals surface area contributed by atoms with Crippen LogP contribution >= 0.6 is 0 Å². The smallest absolute Gasteiger partial charge is 0.116 e. The number of phenolic OH excluding ortho intramolecular Hbond substituents is 1. The highest BCUT2D eigenvalue weighted by molar-refractivity contribution is 5.65. The molecule has 1 N–H and O–H groups in total. The van der Waals surface area contributed by atoms with Gasteiger partial charge in [0.1, 0.15) is 5.75 Å². The molecule has 0 bridgehead atoms. The van der Waals surface area contributed by atoms with Crippen molar-refractivity contribution < 1.29 is 5.11 Å². The first-order valence-corrected chi connectivity index (χ1v) is 5.72. The van der Waals surface area contributed by atoms with Gasteiger partial charge in [-0.05, 0) is 47.6 Å². The Morgan fingerprint density at radius 2 is 1.62 bits per heavy atom. The van der Waals surface area contributed by atoms with E-state index in [2.05, 4.69) is 24.3 Å². The molecule has 0 spiro atoms. The zero-order valence-corrected chi connectivity index (χ0v) is 9.06. The van der Waals surface area contributed by atoms with Crippen molar-refractivity contribution in [3.8, 4) is 16.9 Å². The molecule has 80 valence electrons. The summed E-state index contributed by atoms with van der Waals surface area (Å²) >= 11 is 0. The van der Waals surface area contributed by atoms with Crippen LogP contribution in [0.15, 0.2) is 48.5 Å². The zero-order valence-electron chi connectivity index (χ0n) is 9.06. The molecule has 1 nitrogen and oxygen atoms in total. The van der Waals surface area contributed by atoms with Crippen molar-refractivity contribution in [2.75, 3.05) is 0 Å². The number of phenols is 1. The Morgan fingerprint density at radius 3 is 2.25 bits per heavy atom. The molecule has 0 aliphatic heterocycles. The van der Waals surface area contributed by atoms with Gasteiger partial charge in [0.15, 0.2) is 0 Å². The molecule has 0 radical (unpaired) electrons. The van der Waals surface area contributed by atoms with E-state index in [1.54, 1.807) is 12.1 Å². The SMILES string of the molecule is Oc1cccc(-c2ccc(C3CC3)cc2)c1. The summed E-state index contributed by atoms with van der Waals surface area (Å²) in [5.41, 5.74) is 3.69. The molecule has 2 aromatic carbocycles. The largest absolute Gasteiger partial charge is 0.508 e. The molecule has 3 rings (SSSR count). The molecule has 0 amide bonds. The highest BCUT2D eigenvalue weighted by Crippen LogP contribution is 2.40. The summed E-state index contributed by atoms with van der Waals surface area (Å²) in [6.45, 7) is 0. The minimum atomic E-state index is 0.323. The third kappa shape index (κ3) is 1.81. The van der Waals surface area contributed by atoms with Gasteiger partial charge in [-0.25, -0.2) is 0 Å². The first kappa shape index (κ1) is 9.46. The Kier molecular flexibility index (Phi) is 2.17. The summed E-state index contributed by atoms with van der Waals surface area (Å²) < 4.78 is 0. The number of hydrogen-bond acceptors (Lipinski definition) is 1. The van der Waals surface area contributed by atoms with Gasteiger partial charge in [-0.3, -0.25) is 0 Å². The molecular weight excluding hydrogens is 196 g/mol. The average molecular weight is 210 g/mol. The molecule has 0 heterocycles. The van der Waals surface area contributed by atoms with Gasteiger partial charge in [0.25, 0.3) is 0 Å². The molecule has 1 heteroatoms. The van der Waals surface area contributed by atoms with Crippen molar-refractivity contribution in [3.05, 3.63) is 54.1 Å². The molecule has 0 atom stereocenters. The number of rotatable bonds is 2. The van der Waals surface area contributed by atoms with Crippen molar-refractivity contribution in [2.45, 2.75) is 18.8 Å². The molecular formula is C15H14O. The molecule has 0 saturated heterocycles. The Labute approximate surface area is 95.4 Å². The maximum absolute atomic E-state index is 9.43. The second-order valence-electron chi connectivity index (χ2n) is 4.45. The maximum Gasteiger partial charge on any atom is 0.116 e. The van der Waals surface area contributed by atoms with E-state index in [4.69, 9.17) is 0 Å². The van der Waals surface area contributed by atoms with E-state index in [-0.39, 0.29) is 0 Å². The first-order chi connectivity index (χ1) is 7.83. The highest BCUT2D eigenvalue weighted by Gasteiger charge is 2.22. The molecule has 1 saturated carbocycles. The molecule has 1 aliphatic rings. The van der Waals surface area contributed by atoms with E-state index in [0.717, 1.165) is 11.5 Å². The van der Waals surface area contributed by atoms with Crippen molar-refractivity contribution in [3.63, 3.8) is 0 Å². The lowest BCUT2D eigenvalue weighted by atomic mass is 10.0. The molecule has 1 fully saturated rings. The van der Waals surface area contributed by atoms with Crippen LogP contribution in [0.2, 0.25) is 0 Å². The summed E-state index contributed by atoms with van der Waals surface area (Å²) in [5, 5.41) is 9.43. The fraction of sp³-hybridized carbons (Fsp3) is 0.200. The summed E-state index contributed by atoms with van der Waals surface area (Å²) in [6.07, 6.45) is 2.68. The Hall–Kier alpha value is -1.76. The quantitative estimate of drug-likeness (QED) is 0.796. The number of benzene rings is 2. The van der Waals surface area contributed by atoms with Crippen LogP contribution in [0, 0.1) is 0 Å². The van der Waals surface area contributed by atoms with Gasteiger partial charge in [0.2, 0.25) is 0 Å². The van der Waals surface area contributed by atoms with Crippen LogP contribution in [0.1, 0.15) is 24.3 Å². The average Bonchev–Trinajstić information content (AvgIpc) is 3.13. The minimum absolute atomic E-state index is 0.323. The van der Waals surface area contributed by atoms with E-state index >= 15 is 0 Å². The first-order valence-electron chi connectivity index (χ1n) is 5.72. The van der Waals surface area contributed by atoms with Crippen LogP contribution in [0.4, 0.5) is 0 Å². The van der Waals surface area contributed by atoms with Crippen LogP contribution in [0.3, 0.4) is 0 Å². The van der Waals surface area contributed by atoms with Crippen LogP contribution in [0.5, 0.6) is 5.75 Å². The summed E-state index contributed by atoms with van der Waals surface area (Å²) in [7, 11) is 0. The number of aromatic hydroxyl groups is 1. The Balaban J connectivity index is 1.94. The standard InChI is InChI=1S/C15H14O/c16-15-3-1-2-14(10-15)13-8-6-12(7-9-13)11-4-5-11/h1-3,6-11,16H,4-5H2. The second-order valence-corrected chi connectivity index (χ2v) is 4.45. The van der Waals surface area contributed by atoms with Gasteiger partial charge >= 0.3 is 0 Å². The van der Waals surface area contributed by atoms with E-state index in [0.29, 0.717) is 5.75 Å². The molecule has 16 heavy (non-hydrogen) atoms. The Morgan fingerprint density at radius 1 is 0.875 bits per heavy atom. The van der Waals surface area contributed by atoms with Crippen LogP contribution in [0.25, 0.3) is 11.1 Å². The van der Waals surface area contributed by atoms with Crippen LogP contribution in [-0.2, 0) is 0 Å². The maximum atomic E-state index is 9.43. The Bertz CT molecular complexity index is 495. The van der Waals surface area contributed by atoms with Gasteiger partial charge in [-0.1, -0.05) is 36.4 Å². The predicted molar refractivity (Wildman–Crippen MR) is 65.5 cm³/mol.